The Morgan fingerprint density at radius 1 is 1.24 bits per heavy atom. The first-order valence-electron chi connectivity index (χ1n) is 9.59. The molecule has 1 atom stereocenters. The number of aliphatic imine (C=N–C) groups is 1. The molecule has 4 rings (SSSR count). The van der Waals surface area contributed by atoms with Crippen LogP contribution < -0.4 is 10.6 Å². The number of amides is 1. The van der Waals surface area contributed by atoms with Gasteiger partial charge in [0.25, 0.3) is 5.91 Å². The van der Waals surface area contributed by atoms with Crippen LogP contribution in [-0.2, 0) is 0 Å². The van der Waals surface area contributed by atoms with Crippen molar-refractivity contribution < 1.29 is 13.6 Å². The third-order valence-corrected chi connectivity index (χ3v) is 5.15. The Hall–Kier alpha value is -2.94. The van der Waals surface area contributed by atoms with E-state index in [9.17, 15) is 13.6 Å². The summed E-state index contributed by atoms with van der Waals surface area (Å²) in [6, 6.07) is 4.27. The smallest absolute Gasteiger partial charge is 0.254 e. The first-order chi connectivity index (χ1) is 14.0. The van der Waals surface area contributed by atoms with Crippen LogP contribution in [0.1, 0.15) is 41.2 Å². The van der Waals surface area contributed by atoms with E-state index in [-0.39, 0.29) is 23.2 Å². The molecule has 1 saturated carbocycles. The molecule has 0 unspecified atom stereocenters. The Labute approximate surface area is 167 Å². The molecule has 2 aliphatic rings. The van der Waals surface area contributed by atoms with E-state index in [0.717, 1.165) is 31.5 Å². The summed E-state index contributed by atoms with van der Waals surface area (Å²) < 4.78 is 29.1. The van der Waals surface area contributed by atoms with Crippen LogP contribution in [-0.4, -0.2) is 53.3 Å². The van der Waals surface area contributed by atoms with Gasteiger partial charge in [0.2, 0.25) is 5.95 Å². The molecule has 1 amide bonds. The molecule has 0 bridgehead atoms. The minimum Gasteiger partial charge on any atom is -0.348 e. The summed E-state index contributed by atoms with van der Waals surface area (Å²) in [5.74, 6) is -2.36. The molecule has 2 heterocycles. The van der Waals surface area contributed by atoms with Crippen molar-refractivity contribution in [3.63, 3.8) is 0 Å². The maximum Gasteiger partial charge on any atom is 0.254 e. The van der Waals surface area contributed by atoms with Gasteiger partial charge in [-0.2, -0.15) is 0 Å². The summed E-state index contributed by atoms with van der Waals surface area (Å²) >= 11 is 0. The van der Waals surface area contributed by atoms with Crippen molar-refractivity contribution in [3.05, 3.63) is 47.3 Å². The lowest BCUT2D eigenvalue weighted by molar-refractivity contribution is 0.0933. The highest BCUT2D eigenvalue weighted by Crippen LogP contribution is 2.39. The second-order valence-electron chi connectivity index (χ2n) is 7.39. The standard InChI is InChI=1S/C20H22F2N6O/c1-23-11-28-9-7-13(10-28)25-19(29)14-4-5-16(18(22)17(14)21)27-20-24-8-6-15(26-20)12-2-3-12/h4-6,8,12-13H,1-3,7,9-11H2,(H,25,29)(H,24,26,27)/t13-/m1/s1. The fourth-order valence-electron chi connectivity index (χ4n) is 3.46. The normalized spacial score (nSPS) is 19.2. The SMILES string of the molecule is C=NCN1CC[C@@H](NC(=O)c2ccc(Nc3nccc(C4CC4)n3)c(F)c2F)C1. The van der Waals surface area contributed by atoms with E-state index in [1.807, 2.05) is 11.0 Å². The number of aromatic nitrogens is 2. The maximum atomic E-state index is 14.6. The van der Waals surface area contributed by atoms with E-state index < -0.39 is 17.5 Å². The Bertz CT molecular complexity index is 933. The fraction of sp³-hybridized carbons (Fsp3) is 0.400. The van der Waals surface area contributed by atoms with Crippen LogP contribution in [0.25, 0.3) is 0 Å². The van der Waals surface area contributed by atoms with Crippen LogP contribution in [0.3, 0.4) is 0 Å². The third kappa shape index (κ3) is 4.40. The topological polar surface area (TPSA) is 82.5 Å². The predicted octanol–water partition coefficient (Wildman–Crippen LogP) is 2.84. The summed E-state index contributed by atoms with van der Waals surface area (Å²) in [4.78, 5) is 26.7. The molecule has 152 valence electrons. The van der Waals surface area contributed by atoms with Crippen molar-refractivity contribution >= 4 is 24.3 Å². The zero-order valence-electron chi connectivity index (χ0n) is 15.9. The van der Waals surface area contributed by atoms with E-state index >= 15 is 0 Å². The van der Waals surface area contributed by atoms with Crippen molar-refractivity contribution in [2.75, 3.05) is 25.1 Å². The Morgan fingerprint density at radius 2 is 2.07 bits per heavy atom. The third-order valence-electron chi connectivity index (χ3n) is 5.15. The number of hydrogen-bond donors (Lipinski definition) is 2. The number of nitrogens with zero attached hydrogens (tertiary/aromatic N) is 4. The number of nitrogens with one attached hydrogen (secondary N) is 2. The Balaban J connectivity index is 1.45. The minimum atomic E-state index is -1.20. The number of hydrogen-bond acceptors (Lipinski definition) is 6. The number of carbonyl (C=O) groups excluding carboxylic acids is 1. The molecule has 1 aliphatic carbocycles. The summed E-state index contributed by atoms with van der Waals surface area (Å²) in [5.41, 5.74) is 0.439. The fourth-order valence-corrected chi connectivity index (χ4v) is 3.46. The van der Waals surface area contributed by atoms with Crippen molar-refractivity contribution in [3.8, 4) is 0 Å². The van der Waals surface area contributed by atoms with Crippen molar-refractivity contribution in [1.29, 1.82) is 0 Å². The van der Waals surface area contributed by atoms with E-state index in [4.69, 9.17) is 0 Å². The molecule has 0 radical (unpaired) electrons. The van der Waals surface area contributed by atoms with Gasteiger partial charge in [0.15, 0.2) is 11.6 Å². The zero-order valence-corrected chi connectivity index (χ0v) is 15.9. The molecule has 29 heavy (non-hydrogen) atoms. The Morgan fingerprint density at radius 3 is 2.83 bits per heavy atom. The van der Waals surface area contributed by atoms with E-state index in [1.165, 1.54) is 12.1 Å². The van der Waals surface area contributed by atoms with Crippen LogP contribution in [0.4, 0.5) is 20.4 Å². The summed E-state index contributed by atoms with van der Waals surface area (Å²) in [6.45, 7) is 5.30. The van der Waals surface area contributed by atoms with Gasteiger partial charge in [-0.05, 0) is 44.2 Å². The highest BCUT2D eigenvalue weighted by Gasteiger charge is 2.27. The number of carbonyl (C=O) groups is 1. The molecule has 2 fully saturated rings. The highest BCUT2D eigenvalue weighted by atomic mass is 19.2. The summed E-state index contributed by atoms with van der Waals surface area (Å²) in [6.07, 6.45) is 4.46. The van der Waals surface area contributed by atoms with Gasteiger partial charge in [0.05, 0.1) is 17.9 Å². The molecule has 1 aromatic carbocycles. The van der Waals surface area contributed by atoms with Crippen LogP contribution in [0.5, 0.6) is 0 Å². The average molecular weight is 400 g/mol. The predicted molar refractivity (Wildman–Crippen MR) is 106 cm³/mol. The van der Waals surface area contributed by atoms with Crippen molar-refractivity contribution in [2.24, 2.45) is 4.99 Å². The number of likely N-dealkylation sites (tertiary alicyclic amines) is 1. The van der Waals surface area contributed by atoms with Crippen LogP contribution in [0.15, 0.2) is 29.4 Å². The second-order valence-corrected chi connectivity index (χ2v) is 7.39. The van der Waals surface area contributed by atoms with E-state index in [2.05, 4.69) is 32.3 Å². The van der Waals surface area contributed by atoms with Gasteiger partial charge in [0.1, 0.15) is 0 Å². The quantitative estimate of drug-likeness (QED) is 0.699. The molecular weight excluding hydrogens is 378 g/mol. The van der Waals surface area contributed by atoms with Gasteiger partial charge in [-0.25, -0.2) is 18.7 Å². The second kappa shape index (κ2) is 8.20. The molecule has 9 heteroatoms. The first-order valence-corrected chi connectivity index (χ1v) is 9.59. The molecule has 1 aromatic heterocycles. The summed E-state index contributed by atoms with van der Waals surface area (Å²) in [5, 5.41) is 5.46. The van der Waals surface area contributed by atoms with Gasteiger partial charge in [-0.15, -0.1) is 0 Å². The monoisotopic (exact) mass is 400 g/mol. The molecule has 7 nitrogen and oxygen atoms in total. The maximum absolute atomic E-state index is 14.6. The van der Waals surface area contributed by atoms with Gasteiger partial charge >= 0.3 is 0 Å². The largest absolute Gasteiger partial charge is 0.348 e. The van der Waals surface area contributed by atoms with Crippen LogP contribution in [0, 0.1) is 11.6 Å². The lowest BCUT2D eigenvalue weighted by Gasteiger charge is -2.15. The zero-order chi connectivity index (χ0) is 20.4. The van der Waals surface area contributed by atoms with E-state index in [1.54, 1.807) is 6.20 Å². The number of benzene rings is 1. The van der Waals surface area contributed by atoms with Gasteiger partial charge < -0.3 is 10.6 Å². The van der Waals surface area contributed by atoms with Crippen molar-refractivity contribution in [2.45, 2.75) is 31.2 Å². The molecule has 1 saturated heterocycles. The van der Waals surface area contributed by atoms with E-state index in [0.29, 0.717) is 19.1 Å². The molecule has 0 spiro atoms. The summed E-state index contributed by atoms with van der Waals surface area (Å²) in [7, 11) is 0. The van der Waals surface area contributed by atoms with Gasteiger partial charge in [-0.1, -0.05) is 0 Å². The van der Waals surface area contributed by atoms with Crippen molar-refractivity contribution in [1.82, 2.24) is 20.2 Å². The minimum absolute atomic E-state index is 0.115. The lowest BCUT2D eigenvalue weighted by atomic mass is 10.1. The number of rotatable bonds is 7. The van der Waals surface area contributed by atoms with Crippen LogP contribution in [0.2, 0.25) is 0 Å². The number of halogens is 2. The molecule has 1 aliphatic heterocycles. The number of anilines is 2. The van der Waals surface area contributed by atoms with Crippen LogP contribution >= 0.6 is 0 Å². The van der Waals surface area contributed by atoms with Gasteiger partial charge in [-0.3, -0.25) is 14.7 Å². The first kappa shape index (κ1) is 19.4. The molecule has 2 aromatic rings. The lowest BCUT2D eigenvalue weighted by Crippen LogP contribution is -2.37. The molecule has 2 N–H and O–H groups in total. The average Bonchev–Trinajstić information content (AvgIpc) is 3.47. The molecular formula is C20H22F2N6O. The van der Waals surface area contributed by atoms with Gasteiger partial charge in [0, 0.05) is 36.9 Å². The highest BCUT2D eigenvalue weighted by molar-refractivity contribution is 5.95. The Kier molecular flexibility index (Phi) is 5.48.